The summed E-state index contributed by atoms with van der Waals surface area (Å²) < 4.78 is 39.7. The second-order valence-electron chi connectivity index (χ2n) is 5.98. The van der Waals surface area contributed by atoms with Crippen LogP contribution < -0.4 is 5.73 Å². The summed E-state index contributed by atoms with van der Waals surface area (Å²) in [5.41, 5.74) is 6.28. The number of nitrogen functional groups attached to an aromatic ring is 1. The van der Waals surface area contributed by atoms with Crippen molar-refractivity contribution < 1.29 is 27.6 Å². The molecule has 0 radical (unpaired) electrons. The Morgan fingerprint density at radius 2 is 1.79 bits per heavy atom. The second kappa shape index (κ2) is 7.31. The number of nitriles is 1. The first kappa shape index (κ1) is 19.9. The molecule has 0 aliphatic rings. The molecule has 4 N–H and O–H groups in total. The van der Waals surface area contributed by atoms with Crippen LogP contribution in [0.3, 0.4) is 0 Å². The first-order valence-corrected chi connectivity index (χ1v) is 9.52. The van der Waals surface area contributed by atoms with Gasteiger partial charge in [0.2, 0.25) is 0 Å². The van der Waals surface area contributed by atoms with Gasteiger partial charge in [0.25, 0.3) is 10.1 Å². The van der Waals surface area contributed by atoms with Gasteiger partial charge in [-0.1, -0.05) is 18.2 Å². The van der Waals surface area contributed by atoms with Gasteiger partial charge in [-0.25, -0.2) is 4.79 Å². The van der Waals surface area contributed by atoms with Crippen LogP contribution in [0.4, 0.5) is 5.69 Å². The Bertz CT molecular complexity index is 1250. The standard InChI is InChI=1S/C19H15N3O6S/c1-28-19(24)18-17(21)13(9-20)10-22(18)15-7-4-12(8-16(15)29(25,26)27)11-2-5-14(23)6-3-11/h2-8,10,23H,21H2,1H3,(H,25,26,27). The summed E-state index contributed by atoms with van der Waals surface area (Å²) >= 11 is 0. The van der Waals surface area contributed by atoms with Crippen molar-refractivity contribution in [2.45, 2.75) is 4.90 Å². The van der Waals surface area contributed by atoms with Crippen LogP contribution in [0.25, 0.3) is 16.8 Å². The summed E-state index contributed by atoms with van der Waals surface area (Å²) in [7, 11) is -3.61. The molecule has 0 saturated heterocycles. The Balaban J connectivity index is 2.30. The molecule has 0 aliphatic carbocycles. The van der Waals surface area contributed by atoms with E-state index in [-0.39, 0.29) is 28.4 Å². The minimum absolute atomic E-state index is 0.0370. The van der Waals surface area contributed by atoms with E-state index in [9.17, 15) is 28.1 Å². The van der Waals surface area contributed by atoms with Gasteiger partial charge >= 0.3 is 5.97 Å². The van der Waals surface area contributed by atoms with E-state index in [0.29, 0.717) is 11.1 Å². The van der Waals surface area contributed by atoms with Gasteiger partial charge in [0.05, 0.1) is 24.0 Å². The lowest BCUT2D eigenvalue weighted by molar-refractivity contribution is 0.0593. The molecule has 10 heteroatoms. The highest BCUT2D eigenvalue weighted by Crippen LogP contribution is 2.32. The van der Waals surface area contributed by atoms with Gasteiger partial charge in [-0.15, -0.1) is 0 Å². The van der Waals surface area contributed by atoms with Gasteiger partial charge in [-0.3, -0.25) is 4.55 Å². The number of aromatic nitrogens is 1. The van der Waals surface area contributed by atoms with E-state index in [1.54, 1.807) is 18.2 Å². The molecule has 0 atom stereocenters. The highest BCUT2D eigenvalue weighted by Gasteiger charge is 2.26. The van der Waals surface area contributed by atoms with Gasteiger partial charge in [0.15, 0.2) is 5.69 Å². The van der Waals surface area contributed by atoms with Crippen molar-refractivity contribution in [2.75, 3.05) is 12.8 Å². The molecule has 3 aromatic rings. The number of carbonyl (C=O) groups excluding carboxylic acids is 1. The molecule has 0 aliphatic heterocycles. The van der Waals surface area contributed by atoms with Crippen molar-refractivity contribution in [1.29, 1.82) is 5.26 Å². The van der Waals surface area contributed by atoms with Crippen LogP contribution in [0.1, 0.15) is 16.1 Å². The number of hydrogen-bond acceptors (Lipinski definition) is 7. The normalized spacial score (nSPS) is 11.1. The van der Waals surface area contributed by atoms with Crippen LogP contribution in [0.2, 0.25) is 0 Å². The van der Waals surface area contributed by atoms with E-state index in [1.165, 1.54) is 30.5 Å². The summed E-state index contributed by atoms with van der Waals surface area (Å²) in [6.07, 6.45) is 1.19. The lowest BCUT2D eigenvalue weighted by atomic mass is 10.1. The molecule has 0 bridgehead atoms. The lowest BCUT2D eigenvalue weighted by Gasteiger charge is -2.13. The van der Waals surface area contributed by atoms with Crippen LogP contribution in [0, 0.1) is 11.3 Å². The lowest BCUT2D eigenvalue weighted by Crippen LogP contribution is -2.13. The van der Waals surface area contributed by atoms with E-state index in [4.69, 9.17) is 5.73 Å². The topological polar surface area (TPSA) is 156 Å². The third kappa shape index (κ3) is 3.64. The van der Waals surface area contributed by atoms with E-state index in [0.717, 1.165) is 11.7 Å². The number of benzene rings is 2. The zero-order valence-corrected chi connectivity index (χ0v) is 15.8. The van der Waals surface area contributed by atoms with Crippen molar-refractivity contribution in [3.63, 3.8) is 0 Å². The third-order valence-electron chi connectivity index (χ3n) is 4.24. The Labute approximate surface area is 165 Å². The Kier molecular flexibility index (Phi) is 5.02. The van der Waals surface area contributed by atoms with Crippen LogP contribution in [0.15, 0.2) is 53.6 Å². The smallest absolute Gasteiger partial charge is 0.357 e. The van der Waals surface area contributed by atoms with E-state index in [2.05, 4.69) is 4.74 Å². The molecule has 9 nitrogen and oxygen atoms in total. The Morgan fingerprint density at radius 3 is 2.34 bits per heavy atom. The summed E-state index contributed by atoms with van der Waals surface area (Å²) in [6.45, 7) is 0. The van der Waals surface area contributed by atoms with Crippen LogP contribution in [-0.2, 0) is 14.9 Å². The molecule has 0 unspecified atom stereocenters. The fourth-order valence-corrected chi connectivity index (χ4v) is 3.56. The molecule has 2 aromatic carbocycles. The van der Waals surface area contributed by atoms with Crippen LogP contribution in [0.5, 0.6) is 5.75 Å². The third-order valence-corrected chi connectivity index (χ3v) is 5.12. The minimum atomic E-state index is -4.73. The first-order valence-electron chi connectivity index (χ1n) is 8.08. The summed E-state index contributed by atoms with van der Waals surface area (Å²) in [5.74, 6) is -0.845. The van der Waals surface area contributed by atoms with Crippen molar-refractivity contribution >= 4 is 21.8 Å². The predicted octanol–water partition coefficient (Wildman–Crippen LogP) is 2.34. The predicted molar refractivity (Wildman–Crippen MR) is 103 cm³/mol. The monoisotopic (exact) mass is 413 g/mol. The van der Waals surface area contributed by atoms with Crippen molar-refractivity contribution in [3.05, 3.63) is 59.9 Å². The summed E-state index contributed by atoms with van der Waals surface area (Å²) in [5, 5.41) is 18.6. The zero-order valence-electron chi connectivity index (χ0n) is 15.0. The quantitative estimate of drug-likeness (QED) is 0.435. The maximum atomic E-state index is 12.2. The van der Waals surface area contributed by atoms with Gasteiger partial charge in [0, 0.05) is 6.20 Å². The highest BCUT2D eigenvalue weighted by molar-refractivity contribution is 7.86. The Morgan fingerprint density at radius 1 is 1.17 bits per heavy atom. The van der Waals surface area contributed by atoms with E-state index in [1.807, 2.05) is 6.07 Å². The van der Waals surface area contributed by atoms with Gasteiger partial charge in [-0.05, 0) is 35.4 Å². The average Bonchev–Trinajstić information content (AvgIpc) is 3.03. The molecule has 29 heavy (non-hydrogen) atoms. The number of rotatable bonds is 4. The van der Waals surface area contributed by atoms with Crippen molar-refractivity contribution in [2.24, 2.45) is 0 Å². The zero-order chi connectivity index (χ0) is 21.3. The van der Waals surface area contributed by atoms with Gasteiger partial charge in [-0.2, -0.15) is 13.7 Å². The molecule has 1 heterocycles. The maximum absolute atomic E-state index is 12.2. The molecule has 0 amide bonds. The van der Waals surface area contributed by atoms with Crippen LogP contribution >= 0.6 is 0 Å². The molecule has 0 saturated carbocycles. The van der Waals surface area contributed by atoms with Crippen molar-refractivity contribution in [3.8, 4) is 28.6 Å². The van der Waals surface area contributed by atoms with E-state index >= 15 is 0 Å². The van der Waals surface area contributed by atoms with Gasteiger partial charge < -0.3 is 20.1 Å². The molecule has 148 valence electrons. The number of phenols is 1. The summed E-state index contributed by atoms with van der Waals surface area (Å²) in [6, 6.07) is 11.9. The fraction of sp³-hybridized carbons (Fsp3) is 0.0526. The van der Waals surface area contributed by atoms with Crippen molar-refractivity contribution in [1.82, 2.24) is 4.57 Å². The highest BCUT2D eigenvalue weighted by atomic mass is 32.2. The number of methoxy groups -OCH3 is 1. The molecular weight excluding hydrogens is 398 g/mol. The number of anilines is 1. The second-order valence-corrected chi connectivity index (χ2v) is 7.37. The number of nitrogens with zero attached hydrogens (tertiary/aromatic N) is 2. The van der Waals surface area contributed by atoms with E-state index < -0.39 is 21.0 Å². The largest absolute Gasteiger partial charge is 0.508 e. The molecule has 0 fully saturated rings. The number of hydrogen-bond donors (Lipinski definition) is 3. The molecule has 3 rings (SSSR count). The Hall–Kier alpha value is -3.81. The number of nitrogens with two attached hydrogens (primary N) is 1. The first-order chi connectivity index (χ1) is 13.7. The van der Waals surface area contributed by atoms with Crippen LogP contribution in [-0.4, -0.2) is 35.7 Å². The number of esters is 1. The molecule has 0 spiro atoms. The SMILES string of the molecule is COC(=O)c1c(N)c(C#N)cn1-c1ccc(-c2ccc(O)cc2)cc1S(=O)(=O)O. The minimum Gasteiger partial charge on any atom is -0.508 e. The number of ether oxygens (including phenoxy) is 1. The molecule has 1 aromatic heterocycles. The number of aromatic hydroxyl groups is 1. The van der Waals surface area contributed by atoms with Gasteiger partial charge in [0.1, 0.15) is 16.7 Å². The fourth-order valence-electron chi connectivity index (χ4n) is 2.86. The molecular formula is C19H15N3O6S. The maximum Gasteiger partial charge on any atom is 0.357 e. The average molecular weight is 413 g/mol. The summed E-state index contributed by atoms with van der Waals surface area (Å²) in [4.78, 5) is 11.7. The number of phenolic OH excluding ortho intramolecular Hbond substituents is 1. The number of carbonyl (C=O) groups is 1.